The van der Waals surface area contributed by atoms with Crippen molar-refractivity contribution in [3.05, 3.63) is 72.2 Å². The summed E-state index contributed by atoms with van der Waals surface area (Å²) in [5.74, 6) is -0.0508. The molecule has 1 amide bonds. The minimum atomic E-state index is -0.162. The van der Waals surface area contributed by atoms with Crippen LogP contribution in [0.1, 0.15) is 49.0 Å². The zero-order chi connectivity index (χ0) is 19.6. The topological polar surface area (TPSA) is 55.6 Å². The Bertz CT molecular complexity index is 964. The first kappa shape index (κ1) is 18.7. The van der Waals surface area contributed by atoms with Gasteiger partial charge in [-0.25, -0.2) is 4.98 Å². The molecule has 0 bridgehead atoms. The molecule has 1 aliphatic heterocycles. The summed E-state index contributed by atoms with van der Waals surface area (Å²) in [6.45, 7) is 5.68. The fourth-order valence-electron chi connectivity index (χ4n) is 4.44. The fourth-order valence-corrected chi connectivity index (χ4v) is 4.44. The van der Waals surface area contributed by atoms with E-state index in [1.807, 2.05) is 28.9 Å². The maximum Gasteiger partial charge on any atom is 0.252 e. The third-order valence-corrected chi connectivity index (χ3v) is 5.76. The van der Waals surface area contributed by atoms with Gasteiger partial charge in [0.1, 0.15) is 5.65 Å². The molecule has 3 heterocycles. The SMILES string of the molecule is CC1(C)CC(CCNC(=O)c2ccc3nccn3c2)(c2ccccc2)CCO1. The van der Waals surface area contributed by atoms with Crippen LogP contribution >= 0.6 is 0 Å². The molecular formula is C23H27N3O2. The molecule has 1 aromatic carbocycles. The quantitative estimate of drug-likeness (QED) is 0.732. The normalized spacial score (nSPS) is 21.5. The number of nitrogens with zero attached hydrogens (tertiary/aromatic N) is 2. The summed E-state index contributed by atoms with van der Waals surface area (Å²) >= 11 is 0. The van der Waals surface area contributed by atoms with Gasteiger partial charge in [-0.1, -0.05) is 30.3 Å². The number of hydrogen-bond acceptors (Lipinski definition) is 3. The van der Waals surface area contributed by atoms with Gasteiger partial charge in [0, 0.05) is 37.2 Å². The summed E-state index contributed by atoms with van der Waals surface area (Å²) in [6, 6.07) is 14.3. The van der Waals surface area contributed by atoms with Gasteiger partial charge in [0.05, 0.1) is 11.2 Å². The predicted molar refractivity (Wildman–Crippen MR) is 110 cm³/mol. The molecule has 0 aliphatic carbocycles. The van der Waals surface area contributed by atoms with Crippen LogP contribution in [0, 0.1) is 0 Å². The molecule has 1 aliphatic rings. The molecule has 0 radical (unpaired) electrons. The number of amides is 1. The minimum Gasteiger partial charge on any atom is -0.376 e. The van der Waals surface area contributed by atoms with Gasteiger partial charge in [-0.3, -0.25) is 4.79 Å². The second-order valence-corrected chi connectivity index (χ2v) is 8.30. The summed E-state index contributed by atoms with van der Waals surface area (Å²) < 4.78 is 7.84. The number of aromatic nitrogens is 2. The van der Waals surface area contributed by atoms with Crippen molar-refractivity contribution in [3.8, 4) is 0 Å². The van der Waals surface area contributed by atoms with Crippen molar-refractivity contribution in [1.82, 2.24) is 14.7 Å². The molecule has 1 saturated heterocycles. The number of hydrogen-bond donors (Lipinski definition) is 1. The van der Waals surface area contributed by atoms with E-state index in [0.29, 0.717) is 12.1 Å². The molecule has 1 atom stereocenters. The summed E-state index contributed by atoms with van der Waals surface area (Å²) in [7, 11) is 0. The zero-order valence-electron chi connectivity index (χ0n) is 16.5. The molecule has 146 valence electrons. The van der Waals surface area contributed by atoms with Gasteiger partial charge in [0.25, 0.3) is 5.91 Å². The third kappa shape index (κ3) is 3.80. The second-order valence-electron chi connectivity index (χ2n) is 8.30. The van der Waals surface area contributed by atoms with Crippen molar-refractivity contribution in [2.75, 3.05) is 13.2 Å². The number of pyridine rings is 1. The Kier molecular flexibility index (Phi) is 4.94. The summed E-state index contributed by atoms with van der Waals surface area (Å²) in [5, 5.41) is 3.11. The number of carbonyl (C=O) groups excluding carboxylic acids is 1. The van der Waals surface area contributed by atoms with Crippen LogP contribution in [0.25, 0.3) is 5.65 Å². The van der Waals surface area contributed by atoms with Gasteiger partial charge in [-0.2, -0.15) is 0 Å². The maximum atomic E-state index is 12.7. The first-order valence-electron chi connectivity index (χ1n) is 9.88. The van der Waals surface area contributed by atoms with Crippen molar-refractivity contribution in [1.29, 1.82) is 0 Å². The van der Waals surface area contributed by atoms with Crippen LogP contribution in [-0.4, -0.2) is 34.0 Å². The van der Waals surface area contributed by atoms with Crippen LogP contribution < -0.4 is 5.32 Å². The van der Waals surface area contributed by atoms with E-state index in [9.17, 15) is 4.79 Å². The highest BCUT2D eigenvalue weighted by atomic mass is 16.5. The van der Waals surface area contributed by atoms with E-state index in [0.717, 1.165) is 31.5 Å². The van der Waals surface area contributed by atoms with Crippen molar-refractivity contribution >= 4 is 11.6 Å². The Labute approximate surface area is 165 Å². The Morgan fingerprint density at radius 2 is 2.04 bits per heavy atom. The highest BCUT2D eigenvalue weighted by molar-refractivity contribution is 5.94. The molecule has 5 nitrogen and oxygen atoms in total. The zero-order valence-corrected chi connectivity index (χ0v) is 16.5. The fraction of sp³-hybridized carbons (Fsp3) is 0.391. The molecule has 1 N–H and O–H groups in total. The van der Waals surface area contributed by atoms with Crippen LogP contribution in [0.4, 0.5) is 0 Å². The number of imidazole rings is 1. The maximum absolute atomic E-state index is 12.7. The van der Waals surface area contributed by atoms with Gasteiger partial charge >= 0.3 is 0 Å². The van der Waals surface area contributed by atoms with Gasteiger partial charge in [0.15, 0.2) is 0 Å². The van der Waals surface area contributed by atoms with Gasteiger partial charge in [-0.15, -0.1) is 0 Å². The van der Waals surface area contributed by atoms with E-state index in [4.69, 9.17) is 4.74 Å². The molecule has 2 aromatic heterocycles. The van der Waals surface area contributed by atoms with Gasteiger partial charge in [0.2, 0.25) is 0 Å². The Morgan fingerprint density at radius 3 is 2.82 bits per heavy atom. The molecule has 0 spiro atoms. The lowest BCUT2D eigenvalue weighted by atomic mass is 9.67. The molecule has 28 heavy (non-hydrogen) atoms. The van der Waals surface area contributed by atoms with Crippen LogP contribution in [0.2, 0.25) is 0 Å². The summed E-state index contributed by atoms with van der Waals surface area (Å²) in [4.78, 5) is 16.9. The number of rotatable bonds is 5. The van der Waals surface area contributed by atoms with E-state index >= 15 is 0 Å². The smallest absolute Gasteiger partial charge is 0.252 e. The second kappa shape index (κ2) is 7.40. The third-order valence-electron chi connectivity index (χ3n) is 5.76. The first-order chi connectivity index (χ1) is 13.5. The number of nitrogens with one attached hydrogen (secondary N) is 1. The average molecular weight is 377 g/mol. The standard InChI is InChI=1S/C23H27N3O2/c1-22(2)17-23(11-15-28-22,19-6-4-3-5-7-19)10-12-25-21(27)18-8-9-20-24-13-14-26(20)16-18/h3-9,13-14,16H,10-12,15,17H2,1-2H3,(H,25,27). The number of ether oxygens (including phenoxy) is 1. The molecule has 3 aromatic rings. The molecule has 0 saturated carbocycles. The monoisotopic (exact) mass is 377 g/mol. The highest BCUT2D eigenvalue weighted by Gasteiger charge is 2.41. The number of benzene rings is 1. The van der Waals surface area contributed by atoms with E-state index in [1.54, 1.807) is 6.20 Å². The lowest BCUT2D eigenvalue weighted by Crippen LogP contribution is -2.45. The van der Waals surface area contributed by atoms with Gasteiger partial charge in [-0.05, 0) is 50.8 Å². The van der Waals surface area contributed by atoms with Crippen molar-refractivity contribution in [2.45, 2.75) is 44.1 Å². The van der Waals surface area contributed by atoms with Crippen LogP contribution in [-0.2, 0) is 10.2 Å². The molecular weight excluding hydrogens is 350 g/mol. The van der Waals surface area contributed by atoms with Crippen molar-refractivity contribution < 1.29 is 9.53 Å². The Hall–Kier alpha value is -2.66. The van der Waals surface area contributed by atoms with Crippen LogP contribution in [0.3, 0.4) is 0 Å². The average Bonchev–Trinajstić information content (AvgIpc) is 3.15. The number of carbonyl (C=O) groups is 1. The lowest BCUT2D eigenvalue weighted by molar-refractivity contribution is -0.0838. The van der Waals surface area contributed by atoms with Crippen LogP contribution in [0.5, 0.6) is 0 Å². The number of fused-ring (bicyclic) bond motifs is 1. The van der Waals surface area contributed by atoms with Crippen molar-refractivity contribution in [2.24, 2.45) is 0 Å². The van der Waals surface area contributed by atoms with E-state index in [2.05, 4.69) is 54.5 Å². The summed E-state index contributed by atoms with van der Waals surface area (Å²) in [5.41, 5.74) is 2.67. The predicted octanol–water partition coefficient (Wildman–Crippen LogP) is 3.98. The van der Waals surface area contributed by atoms with Crippen LogP contribution in [0.15, 0.2) is 61.1 Å². The van der Waals surface area contributed by atoms with Crippen molar-refractivity contribution in [3.63, 3.8) is 0 Å². The molecule has 4 rings (SSSR count). The van der Waals surface area contributed by atoms with Gasteiger partial charge < -0.3 is 14.5 Å². The Morgan fingerprint density at radius 1 is 1.21 bits per heavy atom. The summed E-state index contributed by atoms with van der Waals surface area (Å²) in [6.07, 6.45) is 8.21. The van der Waals surface area contributed by atoms with E-state index in [1.165, 1.54) is 5.56 Å². The Balaban J connectivity index is 1.48. The lowest BCUT2D eigenvalue weighted by Gasteiger charge is -2.45. The molecule has 5 heteroatoms. The first-order valence-corrected chi connectivity index (χ1v) is 9.88. The van der Waals surface area contributed by atoms with E-state index in [-0.39, 0.29) is 16.9 Å². The largest absolute Gasteiger partial charge is 0.376 e. The highest BCUT2D eigenvalue weighted by Crippen LogP contribution is 2.43. The molecule has 1 unspecified atom stereocenters. The van der Waals surface area contributed by atoms with E-state index < -0.39 is 0 Å². The minimum absolute atomic E-state index is 0.0184. The molecule has 1 fully saturated rings.